The fraction of sp³-hybridized carbons (Fsp3) is 0.500. The summed E-state index contributed by atoms with van der Waals surface area (Å²) >= 11 is 5.84. The molecule has 14 heavy (non-hydrogen) atoms. The molecule has 0 bridgehead atoms. The highest BCUT2D eigenvalue weighted by atomic mass is 35.5. The lowest BCUT2D eigenvalue weighted by Crippen LogP contribution is -2.27. The van der Waals surface area contributed by atoms with Crippen LogP contribution in [-0.2, 0) is 0 Å². The Kier molecular flexibility index (Phi) is 4.66. The SMILES string of the molecule is Cl.Clc1cccc(C2CCNCC2)n1. The van der Waals surface area contributed by atoms with Crippen LogP contribution in [-0.4, -0.2) is 18.1 Å². The van der Waals surface area contributed by atoms with E-state index in [0.717, 1.165) is 18.8 Å². The molecule has 1 aromatic heterocycles. The maximum atomic E-state index is 5.84. The third kappa shape index (κ3) is 2.84. The first-order valence-electron chi connectivity index (χ1n) is 4.69. The Bertz CT molecular complexity index is 285. The number of nitrogens with one attached hydrogen (secondary N) is 1. The van der Waals surface area contributed by atoms with Gasteiger partial charge in [-0.1, -0.05) is 17.7 Å². The third-order valence-corrected chi connectivity index (χ3v) is 2.70. The lowest BCUT2D eigenvalue weighted by Gasteiger charge is -2.21. The Morgan fingerprint density at radius 3 is 2.64 bits per heavy atom. The molecule has 0 spiro atoms. The molecular weight excluding hydrogens is 219 g/mol. The second kappa shape index (κ2) is 5.54. The molecule has 0 aromatic carbocycles. The van der Waals surface area contributed by atoms with Crippen LogP contribution in [0, 0.1) is 0 Å². The van der Waals surface area contributed by atoms with Crippen LogP contribution in [0.1, 0.15) is 24.5 Å². The normalized spacial score (nSPS) is 17.5. The fourth-order valence-electron chi connectivity index (χ4n) is 1.77. The Morgan fingerprint density at radius 2 is 2.00 bits per heavy atom. The van der Waals surface area contributed by atoms with Crippen molar-refractivity contribution >= 4 is 24.0 Å². The highest BCUT2D eigenvalue weighted by molar-refractivity contribution is 6.29. The molecule has 0 radical (unpaired) electrons. The van der Waals surface area contributed by atoms with E-state index in [9.17, 15) is 0 Å². The summed E-state index contributed by atoms with van der Waals surface area (Å²) in [5.41, 5.74) is 1.15. The van der Waals surface area contributed by atoms with E-state index in [1.165, 1.54) is 12.8 Å². The lowest BCUT2D eigenvalue weighted by atomic mass is 9.94. The van der Waals surface area contributed by atoms with Crippen molar-refractivity contribution in [1.29, 1.82) is 0 Å². The summed E-state index contributed by atoms with van der Waals surface area (Å²) in [6.07, 6.45) is 2.35. The van der Waals surface area contributed by atoms with Gasteiger partial charge < -0.3 is 5.32 Å². The van der Waals surface area contributed by atoms with Gasteiger partial charge in [-0.15, -0.1) is 12.4 Å². The summed E-state index contributed by atoms with van der Waals surface area (Å²) in [5, 5.41) is 3.95. The Morgan fingerprint density at radius 1 is 1.29 bits per heavy atom. The molecule has 1 fully saturated rings. The molecule has 1 saturated heterocycles. The number of halogens is 2. The first-order chi connectivity index (χ1) is 6.36. The van der Waals surface area contributed by atoms with Crippen molar-refractivity contribution < 1.29 is 0 Å². The summed E-state index contributed by atoms with van der Waals surface area (Å²) in [7, 11) is 0. The molecule has 0 aliphatic carbocycles. The van der Waals surface area contributed by atoms with Crippen molar-refractivity contribution in [3.05, 3.63) is 29.0 Å². The summed E-state index contributed by atoms with van der Waals surface area (Å²) in [6.45, 7) is 2.19. The molecule has 1 aromatic rings. The molecule has 4 heteroatoms. The Hall–Kier alpha value is -0.310. The molecule has 78 valence electrons. The molecule has 2 rings (SSSR count). The Labute approximate surface area is 95.5 Å². The molecule has 2 heterocycles. The van der Waals surface area contributed by atoms with Gasteiger partial charge in [0.1, 0.15) is 5.15 Å². The van der Waals surface area contributed by atoms with Gasteiger partial charge in [0.15, 0.2) is 0 Å². The first-order valence-corrected chi connectivity index (χ1v) is 5.07. The lowest BCUT2D eigenvalue weighted by molar-refractivity contribution is 0.453. The molecule has 1 aliphatic heterocycles. The van der Waals surface area contributed by atoms with Gasteiger partial charge in [-0.25, -0.2) is 4.98 Å². The van der Waals surface area contributed by atoms with Crippen molar-refractivity contribution in [2.24, 2.45) is 0 Å². The smallest absolute Gasteiger partial charge is 0.129 e. The molecule has 1 aliphatic rings. The number of nitrogens with zero attached hydrogens (tertiary/aromatic N) is 1. The minimum atomic E-state index is 0. The van der Waals surface area contributed by atoms with Crippen molar-refractivity contribution in [2.45, 2.75) is 18.8 Å². The zero-order valence-corrected chi connectivity index (χ0v) is 9.44. The van der Waals surface area contributed by atoms with Gasteiger partial charge in [0.2, 0.25) is 0 Å². The van der Waals surface area contributed by atoms with Crippen LogP contribution in [0.25, 0.3) is 0 Å². The van der Waals surface area contributed by atoms with E-state index in [0.29, 0.717) is 11.1 Å². The summed E-state index contributed by atoms with van der Waals surface area (Å²) < 4.78 is 0. The average molecular weight is 233 g/mol. The second-order valence-corrected chi connectivity index (χ2v) is 3.80. The highest BCUT2D eigenvalue weighted by Crippen LogP contribution is 2.24. The number of pyridine rings is 1. The number of hydrogen-bond acceptors (Lipinski definition) is 2. The molecule has 0 saturated carbocycles. The van der Waals surface area contributed by atoms with E-state index in [-0.39, 0.29) is 12.4 Å². The standard InChI is InChI=1S/C10H13ClN2.ClH/c11-10-3-1-2-9(13-10)8-4-6-12-7-5-8;/h1-3,8,12H,4-7H2;1H. The quantitative estimate of drug-likeness (QED) is 0.754. The number of aromatic nitrogens is 1. The maximum Gasteiger partial charge on any atom is 0.129 e. The predicted octanol–water partition coefficient (Wildman–Crippen LogP) is 2.62. The molecule has 1 N–H and O–H groups in total. The molecule has 0 unspecified atom stereocenters. The monoisotopic (exact) mass is 232 g/mol. The van der Waals surface area contributed by atoms with Crippen LogP contribution < -0.4 is 5.32 Å². The van der Waals surface area contributed by atoms with E-state index in [1.807, 2.05) is 12.1 Å². The largest absolute Gasteiger partial charge is 0.317 e. The molecular formula is C10H14Cl2N2. The van der Waals surface area contributed by atoms with Gasteiger partial charge in [-0.3, -0.25) is 0 Å². The van der Waals surface area contributed by atoms with Crippen molar-refractivity contribution in [1.82, 2.24) is 10.3 Å². The molecule has 2 nitrogen and oxygen atoms in total. The van der Waals surface area contributed by atoms with Crippen LogP contribution >= 0.6 is 24.0 Å². The van der Waals surface area contributed by atoms with Gasteiger partial charge >= 0.3 is 0 Å². The third-order valence-electron chi connectivity index (χ3n) is 2.49. The van der Waals surface area contributed by atoms with Gasteiger partial charge in [0.25, 0.3) is 0 Å². The van der Waals surface area contributed by atoms with E-state index < -0.39 is 0 Å². The number of piperidine rings is 1. The van der Waals surface area contributed by atoms with Gasteiger partial charge in [0, 0.05) is 11.6 Å². The van der Waals surface area contributed by atoms with Crippen LogP contribution in [0.4, 0.5) is 0 Å². The summed E-state index contributed by atoms with van der Waals surface area (Å²) in [6, 6.07) is 5.88. The maximum absolute atomic E-state index is 5.84. The predicted molar refractivity (Wildman–Crippen MR) is 61.3 cm³/mol. The van der Waals surface area contributed by atoms with E-state index in [1.54, 1.807) is 0 Å². The van der Waals surface area contributed by atoms with E-state index in [2.05, 4.69) is 16.4 Å². The molecule has 0 atom stereocenters. The first kappa shape index (κ1) is 11.8. The van der Waals surface area contributed by atoms with Crippen molar-refractivity contribution in [2.75, 3.05) is 13.1 Å². The number of rotatable bonds is 1. The average Bonchev–Trinajstić information content (AvgIpc) is 2.19. The van der Waals surface area contributed by atoms with Crippen molar-refractivity contribution in [3.63, 3.8) is 0 Å². The van der Waals surface area contributed by atoms with Crippen LogP contribution in [0.5, 0.6) is 0 Å². The van der Waals surface area contributed by atoms with E-state index in [4.69, 9.17) is 11.6 Å². The van der Waals surface area contributed by atoms with Gasteiger partial charge in [-0.05, 0) is 38.1 Å². The summed E-state index contributed by atoms with van der Waals surface area (Å²) in [4.78, 5) is 4.33. The van der Waals surface area contributed by atoms with Gasteiger partial charge in [0.05, 0.1) is 0 Å². The van der Waals surface area contributed by atoms with Crippen LogP contribution in [0.3, 0.4) is 0 Å². The van der Waals surface area contributed by atoms with Gasteiger partial charge in [-0.2, -0.15) is 0 Å². The number of hydrogen-bond donors (Lipinski definition) is 1. The minimum Gasteiger partial charge on any atom is -0.317 e. The zero-order valence-electron chi connectivity index (χ0n) is 7.87. The van der Waals surface area contributed by atoms with Crippen molar-refractivity contribution in [3.8, 4) is 0 Å². The minimum absolute atomic E-state index is 0. The van der Waals surface area contributed by atoms with Crippen LogP contribution in [0.15, 0.2) is 18.2 Å². The summed E-state index contributed by atoms with van der Waals surface area (Å²) in [5.74, 6) is 0.597. The second-order valence-electron chi connectivity index (χ2n) is 3.41. The fourth-order valence-corrected chi connectivity index (χ4v) is 1.94. The highest BCUT2D eigenvalue weighted by Gasteiger charge is 2.15. The zero-order chi connectivity index (χ0) is 9.10. The van der Waals surface area contributed by atoms with Crippen LogP contribution in [0.2, 0.25) is 5.15 Å². The topological polar surface area (TPSA) is 24.9 Å². The Balaban J connectivity index is 0.000000980. The molecule has 0 amide bonds. The van der Waals surface area contributed by atoms with E-state index >= 15 is 0 Å².